The first-order valence-corrected chi connectivity index (χ1v) is 5.75. The maximum absolute atomic E-state index is 11.0. The summed E-state index contributed by atoms with van der Waals surface area (Å²) in [5.74, 6) is 0.658. The van der Waals surface area contributed by atoms with Crippen LogP contribution in [0.4, 0.5) is 0 Å². The van der Waals surface area contributed by atoms with Gasteiger partial charge in [-0.3, -0.25) is 4.79 Å². The highest BCUT2D eigenvalue weighted by Crippen LogP contribution is 2.25. The van der Waals surface area contributed by atoms with Gasteiger partial charge in [-0.05, 0) is 24.6 Å². The number of hydrogen-bond donors (Lipinski definition) is 0. The van der Waals surface area contributed by atoms with E-state index < -0.39 is 0 Å². The van der Waals surface area contributed by atoms with Crippen molar-refractivity contribution in [3.8, 4) is 11.4 Å². The number of ether oxygens (including phenoxy) is 2. The third kappa shape index (κ3) is 2.48. The van der Waals surface area contributed by atoms with Gasteiger partial charge in [0.05, 0.1) is 13.7 Å². The fourth-order valence-corrected chi connectivity index (χ4v) is 1.84. The molecule has 0 saturated carbocycles. The van der Waals surface area contributed by atoms with E-state index in [2.05, 4.69) is 10.3 Å². The van der Waals surface area contributed by atoms with Crippen LogP contribution >= 0.6 is 0 Å². The molecule has 0 amide bonds. The molecular formula is C13H15N3O3. The van der Waals surface area contributed by atoms with Crippen molar-refractivity contribution in [3.05, 3.63) is 35.2 Å². The SMILES string of the molecule is COCc1c(C=O)nnn1-c1cc(C)ccc1OC. The second kappa shape index (κ2) is 5.62. The lowest BCUT2D eigenvalue weighted by atomic mass is 10.2. The highest BCUT2D eigenvalue weighted by Gasteiger charge is 2.16. The van der Waals surface area contributed by atoms with Crippen molar-refractivity contribution in [2.75, 3.05) is 14.2 Å². The zero-order valence-electron chi connectivity index (χ0n) is 11.1. The number of rotatable bonds is 5. The molecule has 1 aromatic heterocycles. The molecule has 0 atom stereocenters. The van der Waals surface area contributed by atoms with Gasteiger partial charge in [0.15, 0.2) is 12.0 Å². The van der Waals surface area contributed by atoms with Gasteiger partial charge in [0, 0.05) is 7.11 Å². The number of methoxy groups -OCH3 is 2. The van der Waals surface area contributed by atoms with Gasteiger partial charge in [0.2, 0.25) is 0 Å². The molecule has 6 nitrogen and oxygen atoms in total. The molecule has 6 heteroatoms. The number of carbonyl (C=O) groups is 1. The first-order valence-electron chi connectivity index (χ1n) is 5.75. The molecular weight excluding hydrogens is 246 g/mol. The Kier molecular flexibility index (Phi) is 3.91. The van der Waals surface area contributed by atoms with Crippen LogP contribution in [0.5, 0.6) is 5.75 Å². The lowest BCUT2D eigenvalue weighted by Crippen LogP contribution is -2.06. The Bertz CT molecular complexity index is 593. The van der Waals surface area contributed by atoms with Crippen molar-refractivity contribution < 1.29 is 14.3 Å². The van der Waals surface area contributed by atoms with Crippen molar-refractivity contribution in [3.63, 3.8) is 0 Å². The highest BCUT2D eigenvalue weighted by atomic mass is 16.5. The molecule has 19 heavy (non-hydrogen) atoms. The average Bonchev–Trinajstić information content (AvgIpc) is 2.82. The van der Waals surface area contributed by atoms with E-state index >= 15 is 0 Å². The van der Waals surface area contributed by atoms with E-state index in [1.54, 1.807) is 18.9 Å². The third-order valence-corrected chi connectivity index (χ3v) is 2.75. The molecule has 0 N–H and O–H groups in total. The normalized spacial score (nSPS) is 10.5. The predicted molar refractivity (Wildman–Crippen MR) is 68.7 cm³/mol. The van der Waals surface area contributed by atoms with Gasteiger partial charge in [0.1, 0.15) is 17.1 Å². The minimum atomic E-state index is 0.248. The molecule has 0 bridgehead atoms. The molecule has 0 aliphatic rings. The predicted octanol–water partition coefficient (Wildman–Crippen LogP) is 1.54. The van der Waals surface area contributed by atoms with Crippen LogP contribution in [-0.4, -0.2) is 35.5 Å². The summed E-state index contributed by atoms with van der Waals surface area (Å²) in [7, 11) is 3.14. The molecule has 0 unspecified atom stereocenters. The molecule has 2 rings (SSSR count). The minimum absolute atomic E-state index is 0.248. The number of carbonyl (C=O) groups excluding carboxylic acids is 1. The first-order chi connectivity index (χ1) is 9.21. The molecule has 100 valence electrons. The number of aromatic nitrogens is 3. The Labute approximate surface area is 110 Å². The van der Waals surface area contributed by atoms with Crippen molar-refractivity contribution in [1.29, 1.82) is 0 Å². The molecule has 0 fully saturated rings. The van der Waals surface area contributed by atoms with Gasteiger partial charge in [-0.15, -0.1) is 5.10 Å². The van der Waals surface area contributed by atoms with Gasteiger partial charge in [-0.25, -0.2) is 4.68 Å². The minimum Gasteiger partial charge on any atom is -0.494 e. The van der Waals surface area contributed by atoms with E-state index in [-0.39, 0.29) is 12.3 Å². The summed E-state index contributed by atoms with van der Waals surface area (Å²) in [5.41, 5.74) is 2.66. The Morgan fingerprint density at radius 2 is 2.16 bits per heavy atom. The lowest BCUT2D eigenvalue weighted by molar-refractivity contribution is 0.111. The van der Waals surface area contributed by atoms with E-state index in [0.29, 0.717) is 17.7 Å². The molecule has 0 spiro atoms. The Hall–Kier alpha value is -2.21. The smallest absolute Gasteiger partial charge is 0.172 e. The van der Waals surface area contributed by atoms with E-state index in [0.717, 1.165) is 11.3 Å². The van der Waals surface area contributed by atoms with Crippen LogP contribution in [-0.2, 0) is 11.3 Å². The van der Waals surface area contributed by atoms with Gasteiger partial charge in [-0.1, -0.05) is 11.3 Å². The van der Waals surface area contributed by atoms with Crippen LogP contribution < -0.4 is 4.74 Å². The summed E-state index contributed by atoms with van der Waals surface area (Å²) < 4.78 is 12.0. The van der Waals surface area contributed by atoms with Crippen LogP contribution in [0.1, 0.15) is 21.7 Å². The molecule has 1 aromatic carbocycles. The topological polar surface area (TPSA) is 66.2 Å². The summed E-state index contributed by atoms with van der Waals surface area (Å²) >= 11 is 0. The van der Waals surface area contributed by atoms with Crippen LogP contribution in [0.15, 0.2) is 18.2 Å². The van der Waals surface area contributed by atoms with Crippen molar-refractivity contribution in [2.24, 2.45) is 0 Å². The summed E-state index contributed by atoms with van der Waals surface area (Å²) in [6.07, 6.45) is 0.667. The lowest BCUT2D eigenvalue weighted by Gasteiger charge is -2.11. The van der Waals surface area contributed by atoms with Crippen LogP contribution in [0, 0.1) is 6.92 Å². The molecule has 0 saturated heterocycles. The monoisotopic (exact) mass is 261 g/mol. The van der Waals surface area contributed by atoms with E-state index in [1.807, 2.05) is 25.1 Å². The van der Waals surface area contributed by atoms with Gasteiger partial charge < -0.3 is 9.47 Å². The number of hydrogen-bond acceptors (Lipinski definition) is 5. The summed E-state index contributed by atoms with van der Waals surface area (Å²) in [6, 6.07) is 5.71. The average molecular weight is 261 g/mol. The maximum atomic E-state index is 11.0. The van der Waals surface area contributed by atoms with E-state index in [4.69, 9.17) is 9.47 Å². The van der Waals surface area contributed by atoms with Gasteiger partial charge >= 0.3 is 0 Å². The quantitative estimate of drug-likeness (QED) is 0.764. The van der Waals surface area contributed by atoms with Crippen molar-refractivity contribution in [1.82, 2.24) is 15.0 Å². The van der Waals surface area contributed by atoms with E-state index in [1.165, 1.54) is 0 Å². The largest absolute Gasteiger partial charge is 0.494 e. The number of nitrogens with zero attached hydrogens (tertiary/aromatic N) is 3. The summed E-state index contributed by atoms with van der Waals surface area (Å²) in [5, 5.41) is 7.85. The fourth-order valence-electron chi connectivity index (χ4n) is 1.84. The first kappa shape index (κ1) is 13.2. The second-order valence-corrected chi connectivity index (χ2v) is 4.06. The molecule has 1 heterocycles. The van der Waals surface area contributed by atoms with Crippen LogP contribution in [0.2, 0.25) is 0 Å². The molecule has 2 aromatic rings. The summed E-state index contributed by atoms with van der Waals surface area (Å²) in [6.45, 7) is 2.22. The zero-order chi connectivity index (χ0) is 13.8. The van der Waals surface area contributed by atoms with E-state index in [9.17, 15) is 4.79 Å². The molecule has 0 radical (unpaired) electrons. The second-order valence-electron chi connectivity index (χ2n) is 4.06. The Morgan fingerprint density at radius 3 is 2.79 bits per heavy atom. The van der Waals surface area contributed by atoms with Crippen molar-refractivity contribution >= 4 is 6.29 Å². The Balaban J connectivity index is 2.60. The van der Waals surface area contributed by atoms with Gasteiger partial charge in [-0.2, -0.15) is 0 Å². The maximum Gasteiger partial charge on any atom is 0.172 e. The number of aldehydes is 1. The van der Waals surface area contributed by atoms with Crippen LogP contribution in [0.25, 0.3) is 5.69 Å². The highest BCUT2D eigenvalue weighted by molar-refractivity contribution is 5.73. The summed E-state index contributed by atoms with van der Waals surface area (Å²) in [4.78, 5) is 11.0. The van der Waals surface area contributed by atoms with Gasteiger partial charge in [0.25, 0.3) is 0 Å². The fraction of sp³-hybridized carbons (Fsp3) is 0.308. The number of aryl methyl sites for hydroxylation is 1. The third-order valence-electron chi connectivity index (χ3n) is 2.75. The zero-order valence-corrected chi connectivity index (χ0v) is 11.1. The standard InChI is InChI=1S/C13H15N3O3/c1-9-4-5-13(19-3)11(6-9)16-12(8-18-2)10(7-17)14-15-16/h4-7H,8H2,1-3H3. The van der Waals surface area contributed by atoms with Crippen LogP contribution in [0.3, 0.4) is 0 Å². The Morgan fingerprint density at radius 1 is 1.37 bits per heavy atom. The van der Waals surface area contributed by atoms with Crippen molar-refractivity contribution in [2.45, 2.75) is 13.5 Å². The molecule has 0 aliphatic carbocycles. The molecule has 0 aliphatic heterocycles. The number of benzene rings is 1.